The molecule has 4 saturated heterocycles. The summed E-state index contributed by atoms with van der Waals surface area (Å²) >= 11 is 0.734. The fraction of sp³-hybridized carbons (Fsp3) is 0.500. The van der Waals surface area contributed by atoms with E-state index in [9.17, 15) is 43.3 Å². The van der Waals surface area contributed by atoms with Gasteiger partial charge in [0.15, 0.2) is 35.1 Å². The third-order valence-electron chi connectivity index (χ3n) is 13.9. The van der Waals surface area contributed by atoms with Crippen LogP contribution in [0.5, 0.6) is 0 Å². The number of carbonyl (C=O) groups excluding carboxylic acids is 5. The van der Waals surface area contributed by atoms with E-state index >= 15 is 4.57 Å². The van der Waals surface area contributed by atoms with Crippen molar-refractivity contribution in [2.75, 3.05) is 43.1 Å². The van der Waals surface area contributed by atoms with Gasteiger partial charge in [0.25, 0.3) is 17.4 Å². The first kappa shape index (κ1) is 56.7. The van der Waals surface area contributed by atoms with Crippen LogP contribution in [-0.4, -0.2) is 158 Å². The number of imidazole rings is 2. The van der Waals surface area contributed by atoms with Crippen LogP contribution in [0, 0.1) is 5.92 Å². The van der Waals surface area contributed by atoms with Crippen LogP contribution in [0.2, 0.25) is 0 Å². The normalized spacial score (nSPS) is 29.3. The lowest BCUT2D eigenvalue weighted by Gasteiger charge is -2.32. The summed E-state index contributed by atoms with van der Waals surface area (Å²) in [6, 6.07) is 4.43. The molecule has 80 heavy (non-hydrogen) atoms. The molecule has 5 aliphatic heterocycles. The van der Waals surface area contributed by atoms with Crippen molar-refractivity contribution in [1.82, 2.24) is 54.6 Å². The molecule has 4 aromatic heterocycles. The van der Waals surface area contributed by atoms with Crippen LogP contribution in [0.3, 0.4) is 0 Å². The van der Waals surface area contributed by atoms with E-state index in [1.54, 1.807) is 38.1 Å². The molecule has 12 atom stereocenters. The van der Waals surface area contributed by atoms with Crippen LogP contribution in [0.25, 0.3) is 22.3 Å². The van der Waals surface area contributed by atoms with Gasteiger partial charge in [-0.2, -0.15) is 4.98 Å². The molecule has 0 spiro atoms. The van der Waals surface area contributed by atoms with Gasteiger partial charge >= 0.3 is 14.6 Å². The smallest absolute Gasteiger partial charge is 0.387 e. The maximum absolute atomic E-state index is 15.4. The number of aromatic amines is 1. The number of nitrogens with one attached hydrogen (secondary N) is 4. The summed E-state index contributed by atoms with van der Waals surface area (Å²) in [7, 11) is -5.22. The van der Waals surface area contributed by atoms with Crippen molar-refractivity contribution in [3.8, 4) is 0 Å². The first-order valence-corrected chi connectivity index (χ1v) is 29.8. The highest BCUT2D eigenvalue weighted by Gasteiger charge is 2.66. The Labute approximate surface area is 457 Å². The number of imide groups is 1. The summed E-state index contributed by atoms with van der Waals surface area (Å²) in [6.07, 6.45) is -2.26. The molecule has 0 aliphatic carbocycles. The van der Waals surface area contributed by atoms with Gasteiger partial charge in [0, 0.05) is 36.6 Å². The number of phosphoric ester groups is 1. The Balaban J connectivity index is 0.823. The van der Waals surface area contributed by atoms with Crippen LogP contribution in [0.15, 0.2) is 60.2 Å². The van der Waals surface area contributed by atoms with Gasteiger partial charge in [-0.1, -0.05) is 32.4 Å². The number of fused-ring (bicyclic) bond motifs is 4. The van der Waals surface area contributed by atoms with Crippen molar-refractivity contribution in [3.63, 3.8) is 0 Å². The molecule has 5 amide bonds. The second-order valence-corrected chi connectivity index (χ2v) is 25.2. The van der Waals surface area contributed by atoms with Gasteiger partial charge in [0.05, 0.1) is 32.5 Å². The topological polar surface area (TPSA) is 423 Å². The van der Waals surface area contributed by atoms with E-state index in [0.717, 1.165) is 22.6 Å². The fourth-order valence-electron chi connectivity index (χ4n) is 9.65. The number of carbonyl (C=O) groups is 5. The van der Waals surface area contributed by atoms with Crippen LogP contribution in [0.1, 0.15) is 64.5 Å². The highest BCUT2D eigenvalue weighted by molar-refractivity contribution is 8.54. The maximum Gasteiger partial charge on any atom is 0.472 e. The van der Waals surface area contributed by atoms with Crippen LogP contribution >= 0.6 is 26.0 Å². The molecule has 10 N–H and O–H groups in total. The van der Waals surface area contributed by atoms with E-state index in [4.69, 9.17) is 43.8 Å². The van der Waals surface area contributed by atoms with Gasteiger partial charge in [-0.3, -0.25) is 65.9 Å². The molecule has 0 radical (unpaired) electrons. The van der Waals surface area contributed by atoms with E-state index in [-0.39, 0.29) is 83.1 Å². The number of ether oxygens (including phenoxy) is 3. The quantitative estimate of drug-likeness (QED) is 0.0367. The Hall–Kier alpha value is -6.54. The summed E-state index contributed by atoms with van der Waals surface area (Å²) in [5, 5.41) is 19.9. The highest BCUT2D eigenvalue weighted by atomic mass is 32.7. The lowest BCUT2D eigenvalue weighted by Crippen LogP contribution is -2.53. The number of amides is 5. The molecular formula is C46H56N14O17P2S. The monoisotopic (exact) mass is 1170 g/mol. The van der Waals surface area contributed by atoms with Gasteiger partial charge in [-0.05, 0) is 54.8 Å². The number of nitrogens with zero attached hydrogens (tertiary/aromatic N) is 8. The average Bonchev–Trinajstić information content (AvgIpc) is 4.34. The van der Waals surface area contributed by atoms with Gasteiger partial charge in [-0.25, -0.2) is 29.1 Å². The molecule has 3 unspecified atom stereocenters. The first-order valence-electron chi connectivity index (χ1n) is 25.2. The number of rotatable bonds is 17. The lowest BCUT2D eigenvalue weighted by molar-refractivity contribution is -0.184. The summed E-state index contributed by atoms with van der Waals surface area (Å²) < 4.78 is 74.8. The number of aromatic nitrogens is 8. The first-order chi connectivity index (χ1) is 38.1. The van der Waals surface area contributed by atoms with Crippen molar-refractivity contribution in [3.05, 3.63) is 71.3 Å². The van der Waals surface area contributed by atoms with Gasteiger partial charge in [0.2, 0.25) is 23.7 Å². The van der Waals surface area contributed by atoms with Crippen molar-refractivity contribution >= 4 is 95.3 Å². The predicted octanol–water partition coefficient (Wildman–Crippen LogP) is 1.08. The molecular weight excluding hydrogens is 1110 g/mol. The highest BCUT2D eigenvalue weighted by Crippen LogP contribution is 2.66. The van der Waals surface area contributed by atoms with E-state index in [1.807, 2.05) is 0 Å². The van der Waals surface area contributed by atoms with Gasteiger partial charge in [0.1, 0.15) is 60.0 Å². The van der Waals surface area contributed by atoms with Crippen LogP contribution in [0.4, 0.5) is 17.5 Å². The summed E-state index contributed by atoms with van der Waals surface area (Å²) in [6.45, 7) is -1.04. The summed E-state index contributed by atoms with van der Waals surface area (Å²) in [5.41, 5.74) is 10.5. The number of benzene rings is 1. The number of hydrogen-bond donors (Lipinski definition) is 8. The molecule has 4 fully saturated rings. The van der Waals surface area contributed by atoms with Crippen molar-refractivity contribution in [2.24, 2.45) is 5.92 Å². The number of unbranched alkanes of at least 4 members (excludes halogenated alkanes) is 2. The number of anilines is 3. The second-order valence-electron chi connectivity index (χ2n) is 19.8. The molecule has 31 nitrogen and oxygen atoms in total. The number of nitrogen functional groups attached to an aromatic ring is 2. The van der Waals surface area contributed by atoms with E-state index in [0.29, 0.717) is 30.5 Å². The Morgan fingerprint density at radius 2 is 1.60 bits per heavy atom. The van der Waals surface area contributed by atoms with Crippen LogP contribution < -0.4 is 33.0 Å². The third kappa shape index (κ3) is 11.7. The van der Waals surface area contributed by atoms with Crippen molar-refractivity contribution in [1.29, 1.82) is 0 Å². The molecule has 9 heterocycles. The minimum atomic E-state index is -5.22. The van der Waals surface area contributed by atoms with Gasteiger partial charge < -0.3 is 51.6 Å². The molecule has 5 aliphatic rings. The third-order valence-corrected chi connectivity index (χ3v) is 18.5. The minimum absolute atomic E-state index is 0.0516. The number of hydrogen-bond acceptors (Lipinski definition) is 24. The number of H-pyrrole nitrogens is 1. The average molecular weight is 1170 g/mol. The maximum atomic E-state index is 15.4. The zero-order valence-electron chi connectivity index (χ0n) is 42.9. The molecule has 34 heteroatoms. The Morgan fingerprint density at radius 1 is 0.875 bits per heavy atom. The number of aliphatic hydroxyl groups is 1. The molecule has 1 aromatic carbocycles. The molecule has 428 valence electrons. The number of phosphoric acid groups is 1. The van der Waals surface area contributed by atoms with Crippen LogP contribution in [-0.2, 0) is 71.2 Å². The minimum Gasteiger partial charge on any atom is -0.387 e. The standard InChI is InChI=1S/C46H56N14O17P2S/c1-22(2)30(55-27(61)7-5-4-6-14-58-28(62)12-13-29(58)63)41(66)53-23(3)40(65)54-25-10-8-24(9-11-25)16-80-79(70)72-15-26-33(64)34(43(74-26)60-21-52-32-39(60)56-45(48)57-42(32)67)76-78(68,69)73-18-46-17-71-35(36(46)77-79)44(75-46)59-20-51-31-37(47)49-19-50-38(31)59/h8-13,19-23,26,30,33-36,43-44,64H,4-7,14-18H2,1-3H3,(H,53,66)(H,54,65)(H,55,61)(H,68,69)(H2,47,49,50)(H3,48,56,57,67)/t23-,26?,30-,33+,34+,35+,36-,43+,44+,46+,79?/m0/s1. The van der Waals surface area contributed by atoms with Crippen molar-refractivity contribution in [2.45, 2.75) is 113 Å². The summed E-state index contributed by atoms with van der Waals surface area (Å²) in [5.74, 6) is -2.85. The fourth-order valence-corrected chi connectivity index (χ4v) is 14.0. The molecule has 5 aromatic rings. The SMILES string of the molecule is CC(C)[C@H](NC(=O)CCCCCN1C(=O)C=CC1=O)C(=O)N[C@@H](C)C(=O)Nc1ccc(CSP2(=O)OCC3O[C@@H](n4cnc5c(=O)[nH]c(N)nc54)[C@H](OP(=O)(O)OC[C@@]45CO[C@@H]([C@H](n6cnc7c(N)ncnc76)O4)[C@@H]5O2)[C@@H]3O)cc1. The van der Waals surface area contributed by atoms with E-state index in [1.165, 1.54) is 40.9 Å². The van der Waals surface area contributed by atoms with Gasteiger partial charge in [-0.15, -0.1) is 0 Å². The lowest BCUT2D eigenvalue weighted by atomic mass is 10.0. The second kappa shape index (κ2) is 22.8. The number of aliphatic hydroxyl groups excluding tert-OH is 1. The molecule has 4 bridgehead atoms. The summed E-state index contributed by atoms with van der Waals surface area (Å²) in [4.78, 5) is 111. The predicted molar refractivity (Wildman–Crippen MR) is 279 cm³/mol. The molecule has 0 saturated carbocycles. The Kier molecular flexibility index (Phi) is 16.1. The van der Waals surface area contributed by atoms with E-state index < -0.39 is 106 Å². The number of nitrogens with two attached hydrogens (primary N) is 2. The van der Waals surface area contributed by atoms with E-state index in [2.05, 4.69) is 45.9 Å². The Morgan fingerprint density at radius 3 is 2.34 bits per heavy atom. The molecule has 10 rings (SSSR count). The Bertz CT molecular complexity index is 3400. The largest absolute Gasteiger partial charge is 0.472 e. The van der Waals surface area contributed by atoms with Crippen molar-refractivity contribution < 1.29 is 75.4 Å². The zero-order valence-corrected chi connectivity index (χ0v) is 45.5. The zero-order chi connectivity index (χ0) is 56.8.